The number of nitrogens with one attached hydrogen (secondary N) is 1. The van der Waals surface area contributed by atoms with E-state index in [9.17, 15) is 13.2 Å². The van der Waals surface area contributed by atoms with E-state index >= 15 is 0 Å². The number of nitrogens with zero attached hydrogens (tertiary/aromatic N) is 2. The minimum absolute atomic E-state index is 0.137. The van der Waals surface area contributed by atoms with Crippen LogP contribution in [0.25, 0.3) is 0 Å². The lowest BCUT2D eigenvalue weighted by molar-refractivity contribution is -0.121. The largest absolute Gasteiger partial charge is 0.497 e. The third kappa shape index (κ3) is 5.69. The zero-order chi connectivity index (χ0) is 18.3. The molecule has 0 spiro atoms. The van der Waals surface area contributed by atoms with Crippen molar-refractivity contribution >= 4 is 15.9 Å². The molecule has 1 saturated heterocycles. The highest BCUT2D eigenvalue weighted by atomic mass is 32.2. The molecule has 0 bridgehead atoms. The van der Waals surface area contributed by atoms with E-state index in [4.69, 9.17) is 4.74 Å². The second-order valence-corrected chi connectivity index (χ2v) is 8.23. The van der Waals surface area contributed by atoms with Crippen LogP contribution in [0.1, 0.15) is 19.3 Å². The zero-order valence-electron chi connectivity index (χ0n) is 14.9. The van der Waals surface area contributed by atoms with Crippen molar-refractivity contribution in [2.75, 3.05) is 46.9 Å². The van der Waals surface area contributed by atoms with Crippen LogP contribution in [0.3, 0.4) is 0 Å². The molecule has 0 atom stereocenters. The summed E-state index contributed by atoms with van der Waals surface area (Å²) in [6.07, 6.45) is 3.38. The van der Waals surface area contributed by atoms with Crippen molar-refractivity contribution < 1.29 is 17.9 Å². The van der Waals surface area contributed by atoms with Gasteiger partial charge in [-0.05, 0) is 63.2 Å². The summed E-state index contributed by atoms with van der Waals surface area (Å²) in [5, 5.41) is 2.79. The number of amides is 1. The number of carbonyl (C=O) groups is 1. The number of likely N-dealkylation sites (N-methyl/N-ethyl adjacent to an activating group) is 1. The molecule has 1 aromatic carbocycles. The third-order valence-electron chi connectivity index (χ3n) is 4.31. The molecule has 8 heteroatoms. The Kier molecular flexibility index (Phi) is 7.22. The monoisotopic (exact) mass is 369 g/mol. The molecule has 1 aliphatic heterocycles. The minimum Gasteiger partial charge on any atom is -0.497 e. The predicted molar refractivity (Wildman–Crippen MR) is 96.1 cm³/mol. The molecule has 0 aromatic heterocycles. The van der Waals surface area contributed by atoms with Crippen LogP contribution in [-0.2, 0) is 14.8 Å². The number of rotatable bonds is 9. The fraction of sp³-hybridized carbons (Fsp3) is 0.588. The summed E-state index contributed by atoms with van der Waals surface area (Å²) in [4.78, 5) is 14.5. The Balaban J connectivity index is 1.78. The molecule has 140 valence electrons. The van der Waals surface area contributed by atoms with E-state index in [1.54, 1.807) is 12.1 Å². The Labute approximate surface area is 150 Å². The Hall–Kier alpha value is -1.64. The van der Waals surface area contributed by atoms with Crippen LogP contribution in [0.15, 0.2) is 29.2 Å². The molecule has 0 radical (unpaired) electrons. The molecular weight excluding hydrogens is 342 g/mol. The van der Waals surface area contributed by atoms with Crippen LogP contribution in [0.4, 0.5) is 0 Å². The van der Waals surface area contributed by atoms with E-state index in [0.29, 0.717) is 12.3 Å². The van der Waals surface area contributed by atoms with Crippen LogP contribution < -0.4 is 10.1 Å². The van der Waals surface area contributed by atoms with Gasteiger partial charge in [0.25, 0.3) is 0 Å². The lowest BCUT2D eigenvalue weighted by Gasteiger charge is -2.18. The van der Waals surface area contributed by atoms with Crippen molar-refractivity contribution in [2.24, 2.45) is 0 Å². The van der Waals surface area contributed by atoms with Gasteiger partial charge in [-0.25, -0.2) is 8.42 Å². The highest BCUT2D eigenvalue weighted by molar-refractivity contribution is 7.89. The normalized spacial score (nSPS) is 15.5. The number of hydrogen-bond donors (Lipinski definition) is 1. The number of likely N-dealkylation sites (tertiary alicyclic amines) is 1. The molecule has 1 heterocycles. The molecule has 7 nitrogen and oxygen atoms in total. The van der Waals surface area contributed by atoms with Gasteiger partial charge in [0.1, 0.15) is 5.75 Å². The topological polar surface area (TPSA) is 79.0 Å². The molecular formula is C17H27N3O4S. The second kappa shape index (κ2) is 9.17. The molecule has 1 aliphatic rings. The first kappa shape index (κ1) is 19.7. The van der Waals surface area contributed by atoms with Crippen molar-refractivity contribution in [1.82, 2.24) is 14.5 Å². The van der Waals surface area contributed by atoms with Crippen LogP contribution in [-0.4, -0.2) is 70.4 Å². The number of methoxy groups -OCH3 is 1. The predicted octanol–water partition coefficient (Wildman–Crippen LogP) is 0.918. The van der Waals surface area contributed by atoms with Crippen molar-refractivity contribution in [3.8, 4) is 5.75 Å². The highest BCUT2D eigenvalue weighted by Gasteiger charge is 2.22. The van der Waals surface area contributed by atoms with Gasteiger partial charge < -0.3 is 15.0 Å². The van der Waals surface area contributed by atoms with Crippen LogP contribution in [0.2, 0.25) is 0 Å². The summed E-state index contributed by atoms with van der Waals surface area (Å²) in [6.45, 7) is 3.61. The van der Waals surface area contributed by atoms with Gasteiger partial charge >= 0.3 is 0 Å². The number of ether oxygens (including phenoxy) is 1. The van der Waals surface area contributed by atoms with E-state index in [1.165, 1.54) is 39.1 Å². The Bertz CT molecular complexity index is 655. The standard InChI is InChI=1S/C17H27N3O4S/c1-19(25(22,23)16-8-6-15(24-2)7-9-16)14-17(21)18-10-5-13-20-11-3-4-12-20/h6-9H,3-5,10-14H2,1-2H3,(H,18,21). The maximum atomic E-state index is 12.5. The molecule has 1 amide bonds. The molecule has 1 N–H and O–H groups in total. The van der Waals surface area contributed by atoms with E-state index in [-0.39, 0.29) is 17.3 Å². The summed E-state index contributed by atoms with van der Waals surface area (Å²) in [5.74, 6) is 0.290. The van der Waals surface area contributed by atoms with Gasteiger partial charge in [0.2, 0.25) is 15.9 Å². The van der Waals surface area contributed by atoms with E-state index < -0.39 is 10.0 Å². The lowest BCUT2D eigenvalue weighted by atomic mass is 10.3. The quantitative estimate of drug-likeness (QED) is 0.655. The average molecular weight is 369 g/mol. The van der Waals surface area contributed by atoms with Crippen LogP contribution >= 0.6 is 0 Å². The van der Waals surface area contributed by atoms with Crippen LogP contribution in [0, 0.1) is 0 Å². The summed E-state index contributed by atoms with van der Waals surface area (Å²) < 4.78 is 31.0. The maximum absolute atomic E-state index is 12.5. The summed E-state index contributed by atoms with van der Waals surface area (Å²) >= 11 is 0. The number of benzene rings is 1. The fourth-order valence-electron chi connectivity index (χ4n) is 2.81. The van der Waals surface area contributed by atoms with Crippen molar-refractivity contribution in [3.05, 3.63) is 24.3 Å². The first-order chi connectivity index (χ1) is 11.9. The van der Waals surface area contributed by atoms with E-state index in [2.05, 4.69) is 10.2 Å². The zero-order valence-corrected chi connectivity index (χ0v) is 15.7. The molecule has 25 heavy (non-hydrogen) atoms. The summed E-state index contributed by atoms with van der Waals surface area (Å²) in [5.41, 5.74) is 0. The minimum atomic E-state index is -3.69. The van der Waals surface area contributed by atoms with E-state index in [1.807, 2.05) is 0 Å². The Morgan fingerprint density at radius 3 is 2.48 bits per heavy atom. The molecule has 0 unspecified atom stereocenters. The first-order valence-electron chi connectivity index (χ1n) is 8.53. The highest BCUT2D eigenvalue weighted by Crippen LogP contribution is 2.18. The van der Waals surface area contributed by atoms with Gasteiger partial charge in [0, 0.05) is 13.6 Å². The van der Waals surface area contributed by atoms with Gasteiger partial charge in [-0.1, -0.05) is 0 Å². The van der Waals surface area contributed by atoms with Crippen molar-refractivity contribution in [2.45, 2.75) is 24.2 Å². The van der Waals surface area contributed by atoms with Gasteiger partial charge in [-0.2, -0.15) is 4.31 Å². The molecule has 0 aliphatic carbocycles. The number of sulfonamides is 1. The van der Waals surface area contributed by atoms with Gasteiger partial charge in [-0.15, -0.1) is 0 Å². The SMILES string of the molecule is COc1ccc(S(=O)(=O)N(C)CC(=O)NCCCN2CCCC2)cc1. The molecule has 2 rings (SSSR count). The molecule has 1 fully saturated rings. The maximum Gasteiger partial charge on any atom is 0.243 e. The second-order valence-electron chi connectivity index (χ2n) is 6.19. The van der Waals surface area contributed by atoms with Gasteiger partial charge in [-0.3, -0.25) is 4.79 Å². The molecule has 0 saturated carbocycles. The van der Waals surface area contributed by atoms with Crippen LogP contribution in [0.5, 0.6) is 5.75 Å². The van der Waals surface area contributed by atoms with Crippen molar-refractivity contribution in [3.63, 3.8) is 0 Å². The molecule has 1 aromatic rings. The average Bonchev–Trinajstić information content (AvgIpc) is 3.12. The lowest BCUT2D eigenvalue weighted by Crippen LogP contribution is -2.39. The summed E-state index contributed by atoms with van der Waals surface area (Å²) in [7, 11) is -0.770. The smallest absolute Gasteiger partial charge is 0.243 e. The first-order valence-corrected chi connectivity index (χ1v) is 9.97. The fourth-order valence-corrected chi connectivity index (χ4v) is 3.93. The number of hydrogen-bond acceptors (Lipinski definition) is 5. The Morgan fingerprint density at radius 2 is 1.88 bits per heavy atom. The van der Waals surface area contributed by atoms with E-state index in [0.717, 1.165) is 30.4 Å². The third-order valence-corrected chi connectivity index (χ3v) is 6.12. The Morgan fingerprint density at radius 1 is 1.24 bits per heavy atom. The number of carbonyl (C=O) groups excluding carboxylic acids is 1. The van der Waals surface area contributed by atoms with Gasteiger partial charge in [0.05, 0.1) is 18.6 Å². The van der Waals surface area contributed by atoms with Crippen molar-refractivity contribution in [1.29, 1.82) is 0 Å². The summed E-state index contributed by atoms with van der Waals surface area (Å²) in [6, 6.07) is 6.11. The van der Waals surface area contributed by atoms with Gasteiger partial charge in [0.15, 0.2) is 0 Å².